The van der Waals surface area contributed by atoms with E-state index in [4.69, 9.17) is 34.8 Å². The molecule has 3 aromatic rings. The van der Waals surface area contributed by atoms with Crippen molar-refractivity contribution in [2.45, 2.75) is 6.17 Å². The van der Waals surface area contributed by atoms with E-state index in [1.807, 2.05) is 12.1 Å². The molecule has 2 heterocycles. The number of nitro groups is 1. The number of anilines is 1. The molecule has 0 radical (unpaired) electrons. The summed E-state index contributed by atoms with van der Waals surface area (Å²) >= 11 is 18.5. The fraction of sp³-hybridized carbons (Fsp3) is 0.0625. The van der Waals surface area contributed by atoms with Gasteiger partial charge in [-0.1, -0.05) is 34.8 Å². The number of aromatic nitrogens is 2. The maximum absolute atomic E-state index is 11.5. The number of rotatable bonds is 2. The lowest BCUT2D eigenvalue weighted by Crippen LogP contribution is -2.26. The van der Waals surface area contributed by atoms with Gasteiger partial charge in [-0.05, 0) is 30.3 Å². The number of hydrogen-bond donors (Lipinski definition) is 1. The number of nitrogens with zero attached hydrogens (tertiary/aromatic N) is 3. The van der Waals surface area contributed by atoms with Crippen LogP contribution in [0.25, 0.3) is 11.3 Å². The topological polar surface area (TPSA) is 73.0 Å². The van der Waals surface area contributed by atoms with E-state index in [1.54, 1.807) is 23.0 Å². The molecule has 6 nitrogen and oxygen atoms in total. The molecular weight excluding hydrogens is 387 g/mol. The van der Waals surface area contributed by atoms with Crippen LogP contribution in [0.15, 0.2) is 42.6 Å². The Balaban J connectivity index is 1.97. The molecule has 0 amide bonds. The average Bonchev–Trinajstić information content (AvgIpc) is 3.06. The maximum atomic E-state index is 11.5. The molecule has 1 atom stereocenters. The van der Waals surface area contributed by atoms with Gasteiger partial charge in [-0.2, -0.15) is 5.10 Å². The summed E-state index contributed by atoms with van der Waals surface area (Å²) in [7, 11) is 0. The minimum absolute atomic E-state index is 0.111. The van der Waals surface area contributed by atoms with E-state index < -0.39 is 11.1 Å². The molecule has 1 aliphatic heterocycles. The largest absolute Gasteiger partial charge is 0.359 e. The van der Waals surface area contributed by atoms with Gasteiger partial charge in [0, 0.05) is 28.5 Å². The van der Waals surface area contributed by atoms with Crippen LogP contribution in [0.4, 0.5) is 11.4 Å². The lowest BCUT2D eigenvalue weighted by Gasteiger charge is -2.29. The summed E-state index contributed by atoms with van der Waals surface area (Å²) < 4.78 is 1.64. The van der Waals surface area contributed by atoms with Crippen LogP contribution in [-0.2, 0) is 0 Å². The van der Waals surface area contributed by atoms with Crippen molar-refractivity contribution in [3.8, 4) is 11.3 Å². The number of nitro benzene ring substituents is 1. The minimum Gasteiger partial charge on any atom is -0.359 e. The van der Waals surface area contributed by atoms with Gasteiger partial charge in [-0.3, -0.25) is 10.1 Å². The second kappa shape index (κ2) is 5.91. The molecule has 1 N–H and O–H groups in total. The van der Waals surface area contributed by atoms with E-state index in [0.29, 0.717) is 5.02 Å². The first kappa shape index (κ1) is 16.2. The van der Waals surface area contributed by atoms with Crippen LogP contribution in [0.2, 0.25) is 15.1 Å². The van der Waals surface area contributed by atoms with Crippen molar-refractivity contribution < 1.29 is 4.92 Å². The fourth-order valence-electron chi connectivity index (χ4n) is 2.97. The highest BCUT2D eigenvalue weighted by Crippen LogP contribution is 2.44. The van der Waals surface area contributed by atoms with Gasteiger partial charge in [0.05, 0.1) is 26.2 Å². The quantitative estimate of drug-likeness (QED) is 0.466. The molecule has 2 aromatic carbocycles. The molecule has 0 saturated heterocycles. The SMILES string of the molecule is O=[N+]([O-])c1ccc(Cl)c(Cl)c1[C@@H]1Nc2cc(Cl)ccc2-c2ccnn21. The van der Waals surface area contributed by atoms with Crippen molar-refractivity contribution in [3.05, 3.63) is 73.3 Å². The molecule has 25 heavy (non-hydrogen) atoms. The summed E-state index contributed by atoms with van der Waals surface area (Å²) in [5, 5.41) is 19.9. The Morgan fingerprint density at radius 1 is 1.16 bits per heavy atom. The van der Waals surface area contributed by atoms with Crippen LogP contribution in [0.5, 0.6) is 0 Å². The summed E-state index contributed by atoms with van der Waals surface area (Å²) in [6, 6.07) is 9.96. The molecule has 1 aromatic heterocycles. The normalized spacial score (nSPS) is 15.2. The van der Waals surface area contributed by atoms with Gasteiger partial charge in [-0.25, -0.2) is 4.68 Å². The first-order valence-electron chi connectivity index (χ1n) is 7.19. The van der Waals surface area contributed by atoms with Crippen LogP contribution in [0, 0.1) is 10.1 Å². The predicted octanol–water partition coefficient (Wildman–Crippen LogP) is 5.39. The van der Waals surface area contributed by atoms with Crippen LogP contribution >= 0.6 is 34.8 Å². The lowest BCUT2D eigenvalue weighted by atomic mass is 10.0. The van der Waals surface area contributed by atoms with Crippen molar-refractivity contribution in [1.29, 1.82) is 0 Å². The van der Waals surface area contributed by atoms with Crippen molar-refractivity contribution in [2.24, 2.45) is 0 Å². The van der Waals surface area contributed by atoms with Gasteiger partial charge < -0.3 is 5.32 Å². The Kier molecular flexibility index (Phi) is 3.83. The number of benzene rings is 2. The van der Waals surface area contributed by atoms with E-state index >= 15 is 0 Å². The standard InChI is InChI=1S/C16H9Cl3N4O2/c17-8-1-2-9-11(7-8)21-16(22-12(9)5-6-20-22)14-13(23(24)25)4-3-10(18)15(14)19/h1-7,16,21H/t16-/m1/s1. The zero-order chi connectivity index (χ0) is 17.7. The molecule has 0 saturated carbocycles. The zero-order valence-electron chi connectivity index (χ0n) is 12.4. The van der Waals surface area contributed by atoms with E-state index in [9.17, 15) is 10.1 Å². The van der Waals surface area contributed by atoms with Crippen molar-refractivity contribution in [1.82, 2.24) is 9.78 Å². The summed E-state index contributed by atoms with van der Waals surface area (Å²) in [6.45, 7) is 0. The van der Waals surface area contributed by atoms with Crippen molar-refractivity contribution >= 4 is 46.2 Å². The third-order valence-corrected chi connectivity index (χ3v) is 5.10. The molecule has 0 fully saturated rings. The second-order valence-corrected chi connectivity index (χ2v) is 6.67. The average molecular weight is 396 g/mol. The maximum Gasteiger partial charge on any atom is 0.278 e. The van der Waals surface area contributed by atoms with Crippen LogP contribution in [-0.4, -0.2) is 14.7 Å². The number of hydrogen-bond acceptors (Lipinski definition) is 4. The van der Waals surface area contributed by atoms with Crippen molar-refractivity contribution in [3.63, 3.8) is 0 Å². The number of halogens is 3. The van der Waals surface area contributed by atoms with E-state index in [0.717, 1.165) is 16.9 Å². The Bertz CT molecular complexity index is 1020. The molecular formula is C16H9Cl3N4O2. The van der Waals surface area contributed by atoms with E-state index in [1.165, 1.54) is 12.1 Å². The molecule has 126 valence electrons. The first-order valence-corrected chi connectivity index (χ1v) is 8.33. The van der Waals surface area contributed by atoms with Gasteiger partial charge in [0.15, 0.2) is 6.17 Å². The molecule has 0 spiro atoms. The Hall–Kier alpha value is -2.28. The third-order valence-electron chi connectivity index (χ3n) is 4.04. The molecule has 4 rings (SSSR count). The molecule has 0 bridgehead atoms. The smallest absolute Gasteiger partial charge is 0.278 e. The third kappa shape index (κ3) is 2.54. The monoisotopic (exact) mass is 394 g/mol. The second-order valence-electron chi connectivity index (χ2n) is 5.45. The number of fused-ring (bicyclic) bond motifs is 3. The minimum atomic E-state index is -0.692. The van der Waals surface area contributed by atoms with Gasteiger partial charge in [0.25, 0.3) is 5.69 Å². The van der Waals surface area contributed by atoms with E-state index in [-0.39, 0.29) is 21.3 Å². The van der Waals surface area contributed by atoms with Gasteiger partial charge in [0.2, 0.25) is 0 Å². The van der Waals surface area contributed by atoms with Crippen LogP contribution in [0.1, 0.15) is 11.7 Å². The summed E-state index contributed by atoms with van der Waals surface area (Å²) in [4.78, 5) is 11.0. The highest BCUT2D eigenvalue weighted by molar-refractivity contribution is 6.42. The Labute approximate surface area is 157 Å². The van der Waals surface area contributed by atoms with Crippen LogP contribution < -0.4 is 5.32 Å². The Morgan fingerprint density at radius 3 is 2.72 bits per heavy atom. The molecule has 1 aliphatic rings. The highest BCUT2D eigenvalue weighted by Gasteiger charge is 2.33. The van der Waals surface area contributed by atoms with Gasteiger partial charge in [0.1, 0.15) is 0 Å². The van der Waals surface area contributed by atoms with Crippen LogP contribution in [0.3, 0.4) is 0 Å². The fourth-order valence-corrected chi connectivity index (χ4v) is 3.57. The van der Waals surface area contributed by atoms with Gasteiger partial charge in [-0.15, -0.1) is 0 Å². The molecule has 0 unspecified atom stereocenters. The van der Waals surface area contributed by atoms with E-state index in [2.05, 4.69) is 10.4 Å². The summed E-state index contributed by atoms with van der Waals surface area (Å²) in [5.41, 5.74) is 2.52. The number of nitrogens with one attached hydrogen (secondary N) is 1. The summed E-state index contributed by atoms with van der Waals surface area (Å²) in [5.74, 6) is 0. The van der Waals surface area contributed by atoms with Gasteiger partial charge >= 0.3 is 0 Å². The zero-order valence-corrected chi connectivity index (χ0v) is 14.7. The highest BCUT2D eigenvalue weighted by atomic mass is 35.5. The lowest BCUT2D eigenvalue weighted by molar-refractivity contribution is -0.385. The Morgan fingerprint density at radius 2 is 1.96 bits per heavy atom. The molecule has 9 heteroatoms. The predicted molar refractivity (Wildman–Crippen MR) is 97.6 cm³/mol. The van der Waals surface area contributed by atoms with Crippen molar-refractivity contribution in [2.75, 3.05) is 5.32 Å². The molecule has 0 aliphatic carbocycles. The summed E-state index contributed by atoms with van der Waals surface area (Å²) in [6.07, 6.45) is 0.931. The first-order chi connectivity index (χ1) is 12.0.